The van der Waals surface area contributed by atoms with E-state index in [2.05, 4.69) is 244 Å². The summed E-state index contributed by atoms with van der Waals surface area (Å²) in [4.78, 5) is 8.35. The molecule has 0 N–H and O–H groups in total. The number of para-hydroxylation sites is 2. The van der Waals surface area contributed by atoms with Crippen molar-refractivity contribution < 1.29 is 4.42 Å². The maximum Gasteiger partial charge on any atom is 0.252 e. The van der Waals surface area contributed by atoms with E-state index in [1.165, 1.54) is 123 Å². The third-order valence-corrected chi connectivity index (χ3v) is 23.6. The molecule has 0 amide bonds. The predicted octanol–water partition coefficient (Wildman–Crippen LogP) is 19.8. The van der Waals surface area contributed by atoms with E-state index in [1.54, 1.807) is 0 Å². The molecule has 0 bridgehead atoms. The topological polar surface area (TPSA) is 22.9 Å². The first-order valence-electron chi connectivity index (χ1n) is 30.9. The van der Waals surface area contributed by atoms with Gasteiger partial charge in [0.15, 0.2) is 5.58 Å². The molecule has 16 rings (SSSR count). The monoisotopic (exact) mass is 1090 g/mol. The third-order valence-electron chi connectivity index (χ3n) is 22.5. The summed E-state index contributed by atoms with van der Waals surface area (Å²) < 4.78 is 9.88. The van der Waals surface area contributed by atoms with Gasteiger partial charge in [0.25, 0.3) is 6.71 Å². The number of anilines is 8. The van der Waals surface area contributed by atoms with Crippen LogP contribution in [-0.2, 0) is 32.5 Å². The minimum atomic E-state index is -0.190. The molecule has 1 fully saturated rings. The van der Waals surface area contributed by atoms with E-state index in [-0.39, 0.29) is 44.7 Å². The Hall–Kier alpha value is -6.76. The lowest BCUT2D eigenvalue weighted by molar-refractivity contribution is 0.195. The van der Waals surface area contributed by atoms with Gasteiger partial charge in [0.05, 0.1) is 16.9 Å². The number of benzene rings is 8. The molecule has 2 unspecified atom stereocenters. The summed E-state index contributed by atoms with van der Waals surface area (Å²) in [5, 5.41) is 4.95. The molecule has 2 aromatic heterocycles. The van der Waals surface area contributed by atoms with E-state index in [1.807, 2.05) is 11.3 Å². The van der Waals surface area contributed by atoms with Gasteiger partial charge in [-0.3, -0.25) is 0 Å². The number of nitrogens with zero attached hydrogens (tertiary/aromatic N) is 3. The summed E-state index contributed by atoms with van der Waals surface area (Å²) in [6, 6.07) is 55.6. The van der Waals surface area contributed by atoms with Crippen LogP contribution in [0.5, 0.6) is 0 Å². The van der Waals surface area contributed by atoms with Crippen LogP contribution < -0.4 is 31.1 Å². The molecule has 4 nitrogen and oxygen atoms in total. The van der Waals surface area contributed by atoms with Crippen LogP contribution in [0, 0.1) is 0 Å². The van der Waals surface area contributed by atoms with E-state index in [0.29, 0.717) is 0 Å². The lowest BCUT2D eigenvalue weighted by Crippen LogP contribution is -2.62. The lowest BCUT2D eigenvalue weighted by atomic mass is 9.32. The second-order valence-electron chi connectivity index (χ2n) is 30.1. The number of hydrogen-bond acceptors (Lipinski definition) is 5. The van der Waals surface area contributed by atoms with Crippen LogP contribution in [0.2, 0.25) is 0 Å². The van der Waals surface area contributed by atoms with Crippen molar-refractivity contribution in [3.05, 3.63) is 173 Å². The Labute approximate surface area is 490 Å². The molecule has 5 heterocycles. The Balaban J connectivity index is 1.10. The Morgan fingerprint density at radius 3 is 1.63 bits per heavy atom. The van der Waals surface area contributed by atoms with Gasteiger partial charge in [-0.2, -0.15) is 0 Å². The molecule has 3 aliphatic carbocycles. The molecule has 8 aromatic carbocycles. The average molecular weight is 1090 g/mol. The van der Waals surface area contributed by atoms with E-state index < -0.39 is 0 Å². The van der Waals surface area contributed by atoms with E-state index in [9.17, 15) is 0 Å². The Morgan fingerprint density at radius 2 is 0.988 bits per heavy atom. The summed E-state index contributed by atoms with van der Waals surface area (Å²) in [5.74, 6) is 0. The van der Waals surface area contributed by atoms with Gasteiger partial charge in [0, 0.05) is 70.5 Å². The second-order valence-corrected chi connectivity index (χ2v) is 31.2. The molecule has 82 heavy (non-hydrogen) atoms. The van der Waals surface area contributed by atoms with E-state index in [4.69, 9.17) is 4.42 Å². The zero-order valence-corrected chi connectivity index (χ0v) is 51.5. The predicted molar refractivity (Wildman–Crippen MR) is 353 cm³/mol. The summed E-state index contributed by atoms with van der Waals surface area (Å²) in [6.07, 6.45) is 9.31. The summed E-state index contributed by atoms with van der Waals surface area (Å²) in [5.41, 5.74) is 24.7. The minimum Gasteiger partial charge on any atom is -0.454 e. The molecule has 0 radical (unpaired) electrons. The van der Waals surface area contributed by atoms with Gasteiger partial charge in [-0.1, -0.05) is 175 Å². The van der Waals surface area contributed by atoms with Crippen LogP contribution in [-0.4, -0.2) is 12.3 Å². The fourth-order valence-corrected chi connectivity index (χ4v) is 18.3. The molecular weight excluding hydrogens is 1010 g/mol. The molecule has 10 aromatic rings. The highest BCUT2D eigenvalue weighted by Gasteiger charge is 2.59. The first-order chi connectivity index (χ1) is 39.0. The Bertz CT molecular complexity index is 4430. The number of rotatable bonds is 3. The number of hydrogen-bond donors (Lipinski definition) is 0. The van der Waals surface area contributed by atoms with Crippen molar-refractivity contribution >= 4 is 122 Å². The Kier molecular flexibility index (Phi) is 10.3. The van der Waals surface area contributed by atoms with Gasteiger partial charge in [-0.15, -0.1) is 11.3 Å². The molecule has 0 saturated heterocycles. The fraction of sp³-hybridized carbons (Fsp3) is 0.368. The van der Waals surface area contributed by atoms with Crippen LogP contribution >= 0.6 is 11.3 Å². The molecule has 2 atom stereocenters. The SMILES string of the molecule is CC(C)(C)c1ccc2c(c1)C1(C)CCCCC1(C)N2c1cc2c3c(c1)N(c1cccc4sc5ccccc5c14)c1cc4c(cc1B3c1cc3c(cc1N2c1cccc2c1oc1ccccc12)C(C)(C)CCC3(C)C)C(C)(C)CCC4(C)C. The van der Waals surface area contributed by atoms with Gasteiger partial charge in [0.2, 0.25) is 0 Å². The summed E-state index contributed by atoms with van der Waals surface area (Å²) in [7, 11) is 0. The summed E-state index contributed by atoms with van der Waals surface area (Å²) in [6.45, 7) is 32.4. The van der Waals surface area contributed by atoms with Crippen LogP contribution in [0.1, 0.15) is 175 Å². The molecular formula is C76H78BN3OS. The van der Waals surface area contributed by atoms with Crippen molar-refractivity contribution in [2.75, 3.05) is 14.7 Å². The quantitative estimate of drug-likeness (QED) is 0.165. The molecule has 6 heteroatoms. The lowest BCUT2D eigenvalue weighted by Gasteiger charge is -2.51. The van der Waals surface area contributed by atoms with Crippen LogP contribution in [0.3, 0.4) is 0 Å². The molecule has 0 spiro atoms. The van der Waals surface area contributed by atoms with Gasteiger partial charge >= 0.3 is 0 Å². The van der Waals surface area contributed by atoms with Crippen molar-refractivity contribution in [3.63, 3.8) is 0 Å². The van der Waals surface area contributed by atoms with E-state index in [0.717, 1.165) is 66.2 Å². The largest absolute Gasteiger partial charge is 0.454 e. The number of thiophene rings is 1. The normalized spacial score (nSPS) is 22.5. The van der Waals surface area contributed by atoms with Crippen molar-refractivity contribution in [2.24, 2.45) is 0 Å². The molecule has 412 valence electrons. The Morgan fingerprint density at radius 1 is 0.451 bits per heavy atom. The second kappa shape index (κ2) is 16.5. The van der Waals surface area contributed by atoms with Crippen LogP contribution in [0.15, 0.2) is 144 Å². The van der Waals surface area contributed by atoms with Gasteiger partial charge in [0.1, 0.15) is 5.58 Å². The maximum absolute atomic E-state index is 7.24. The highest BCUT2D eigenvalue weighted by atomic mass is 32.1. The molecule has 6 aliphatic rings. The maximum atomic E-state index is 7.24. The van der Waals surface area contributed by atoms with Crippen molar-refractivity contribution in [2.45, 2.75) is 179 Å². The highest BCUT2D eigenvalue weighted by molar-refractivity contribution is 7.26. The molecule has 3 aliphatic heterocycles. The summed E-state index contributed by atoms with van der Waals surface area (Å²) >= 11 is 1.92. The zero-order valence-electron chi connectivity index (χ0n) is 50.7. The minimum absolute atomic E-state index is 0.00167. The first kappa shape index (κ1) is 50.9. The highest BCUT2D eigenvalue weighted by Crippen LogP contribution is 2.63. The van der Waals surface area contributed by atoms with Gasteiger partial charge < -0.3 is 19.1 Å². The van der Waals surface area contributed by atoms with E-state index >= 15 is 0 Å². The standard InChI is InChI=1S/C76H78BN3OS/c1-70(2,3)45-30-31-57-54(38-45)75(12)32-18-19-33-76(75,13)80(57)46-39-62-68-63(40-46)79(59-26-20-24-48-47-22-14-16-27-64(47)81-69(48)59)61-44-53-51(72(6,7)35-37-74(53,10)11)42-56(61)77(68)55-41-50-52(73(8,9)36-34-71(50,4)5)43-60(55)78(62)58-25-21-29-66-67(58)49-23-15-17-28-65(49)82-66/h14-17,20-31,38-44H,18-19,32-37H2,1-13H3. The molecule has 1 saturated carbocycles. The number of furan rings is 1. The smallest absolute Gasteiger partial charge is 0.252 e. The van der Waals surface area contributed by atoms with Gasteiger partial charge in [-0.05, 0) is 183 Å². The third kappa shape index (κ3) is 6.74. The van der Waals surface area contributed by atoms with Crippen molar-refractivity contribution in [1.82, 2.24) is 0 Å². The number of fused-ring (bicyclic) bond motifs is 15. The van der Waals surface area contributed by atoms with Crippen molar-refractivity contribution in [3.8, 4) is 0 Å². The van der Waals surface area contributed by atoms with Crippen molar-refractivity contribution in [1.29, 1.82) is 0 Å². The fourth-order valence-electron chi connectivity index (χ4n) is 17.2. The average Bonchev–Trinajstić information content (AvgIpc) is 1.35. The van der Waals surface area contributed by atoms with Crippen LogP contribution in [0.25, 0.3) is 42.1 Å². The first-order valence-corrected chi connectivity index (χ1v) is 31.7. The van der Waals surface area contributed by atoms with Gasteiger partial charge in [-0.25, -0.2) is 0 Å². The van der Waals surface area contributed by atoms with Crippen LogP contribution in [0.4, 0.5) is 45.5 Å². The zero-order chi connectivity index (χ0) is 56.6.